The smallest absolute Gasteiger partial charge is 0.205 e. The van der Waals surface area contributed by atoms with Crippen molar-refractivity contribution in [2.75, 3.05) is 32.1 Å². The first-order chi connectivity index (χ1) is 7.69. The maximum Gasteiger partial charge on any atom is 0.205 e. The van der Waals surface area contributed by atoms with Crippen molar-refractivity contribution >= 4 is 5.95 Å². The van der Waals surface area contributed by atoms with Crippen LogP contribution in [0.3, 0.4) is 0 Å². The molecule has 0 aliphatic carbocycles. The summed E-state index contributed by atoms with van der Waals surface area (Å²) in [5, 5.41) is 3.17. The first kappa shape index (κ1) is 13.0. The SMILES string of the molecule is CCCn1cc(C)nc1N(C)CCCNC. The summed E-state index contributed by atoms with van der Waals surface area (Å²) in [6, 6.07) is 0. The average molecular weight is 224 g/mol. The molecule has 92 valence electrons. The number of aromatic nitrogens is 2. The molecule has 0 aliphatic heterocycles. The van der Waals surface area contributed by atoms with Gasteiger partial charge in [-0.3, -0.25) is 0 Å². The number of rotatable bonds is 7. The summed E-state index contributed by atoms with van der Waals surface area (Å²) in [6.45, 7) is 7.39. The summed E-state index contributed by atoms with van der Waals surface area (Å²) in [5.41, 5.74) is 1.10. The highest BCUT2D eigenvalue weighted by atomic mass is 15.3. The molecule has 0 atom stereocenters. The number of aryl methyl sites for hydroxylation is 2. The van der Waals surface area contributed by atoms with E-state index in [4.69, 9.17) is 0 Å². The third-order valence-corrected chi connectivity index (χ3v) is 2.60. The van der Waals surface area contributed by atoms with Gasteiger partial charge in [-0.2, -0.15) is 0 Å². The molecule has 0 spiro atoms. The van der Waals surface area contributed by atoms with Crippen LogP contribution >= 0.6 is 0 Å². The molecule has 1 N–H and O–H groups in total. The normalized spacial score (nSPS) is 10.8. The molecule has 4 nitrogen and oxygen atoms in total. The topological polar surface area (TPSA) is 33.1 Å². The van der Waals surface area contributed by atoms with Crippen molar-refractivity contribution in [3.63, 3.8) is 0 Å². The lowest BCUT2D eigenvalue weighted by Gasteiger charge is -2.19. The van der Waals surface area contributed by atoms with Gasteiger partial charge >= 0.3 is 0 Å². The minimum absolute atomic E-state index is 1.04. The molecule has 1 heterocycles. The molecule has 0 amide bonds. The van der Waals surface area contributed by atoms with Crippen LogP contribution in [0.4, 0.5) is 5.95 Å². The molecular formula is C12H24N4. The molecule has 1 aromatic rings. The molecule has 0 bridgehead atoms. The lowest BCUT2D eigenvalue weighted by atomic mass is 10.4. The Hall–Kier alpha value is -1.03. The van der Waals surface area contributed by atoms with E-state index >= 15 is 0 Å². The second kappa shape index (κ2) is 6.53. The lowest BCUT2D eigenvalue weighted by molar-refractivity contribution is 0.647. The zero-order valence-corrected chi connectivity index (χ0v) is 11.0. The van der Waals surface area contributed by atoms with Gasteiger partial charge in [-0.15, -0.1) is 0 Å². The Morgan fingerprint density at radius 3 is 2.88 bits per heavy atom. The fourth-order valence-electron chi connectivity index (χ4n) is 1.84. The number of nitrogens with one attached hydrogen (secondary N) is 1. The van der Waals surface area contributed by atoms with Crippen molar-refractivity contribution in [2.45, 2.75) is 33.2 Å². The van der Waals surface area contributed by atoms with Gasteiger partial charge in [0.25, 0.3) is 0 Å². The molecule has 16 heavy (non-hydrogen) atoms. The average Bonchev–Trinajstić information content (AvgIpc) is 2.60. The van der Waals surface area contributed by atoms with Gasteiger partial charge in [0.1, 0.15) is 0 Å². The minimum atomic E-state index is 1.04. The Bertz CT molecular complexity index is 306. The van der Waals surface area contributed by atoms with E-state index in [1.54, 1.807) is 0 Å². The highest BCUT2D eigenvalue weighted by molar-refractivity contribution is 5.31. The van der Waals surface area contributed by atoms with E-state index < -0.39 is 0 Å². The molecule has 0 radical (unpaired) electrons. The zero-order chi connectivity index (χ0) is 12.0. The third kappa shape index (κ3) is 3.52. The quantitative estimate of drug-likeness (QED) is 0.715. The predicted octanol–water partition coefficient (Wildman–Crippen LogP) is 1.65. The largest absolute Gasteiger partial charge is 0.345 e. The van der Waals surface area contributed by atoms with Crippen LogP contribution in [-0.4, -0.2) is 36.7 Å². The number of hydrogen-bond acceptors (Lipinski definition) is 3. The summed E-state index contributed by atoms with van der Waals surface area (Å²) in [4.78, 5) is 6.81. The van der Waals surface area contributed by atoms with Crippen molar-refractivity contribution < 1.29 is 0 Å². The van der Waals surface area contributed by atoms with E-state index in [0.29, 0.717) is 0 Å². The molecule has 0 aliphatic rings. The van der Waals surface area contributed by atoms with Crippen LogP contribution < -0.4 is 10.2 Å². The minimum Gasteiger partial charge on any atom is -0.345 e. The number of anilines is 1. The Labute approximate surface area is 98.7 Å². The van der Waals surface area contributed by atoms with Crippen LogP contribution in [0.15, 0.2) is 6.20 Å². The molecule has 0 saturated carbocycles. The summed E-state index contributed by atoms with van der Waals surface area (Å²) >= 11 is 0. The predicted molar refractivity (Wildman–Crippen MR) is 69.1 cm³/mol. The summed E-state index contributed by atoms with van der Waals surface area (Å²) < 4.78 is 2.24. The van der Waals surface area contributed by atoms with Crippen LogP contribution in [0.25, 0.3) is 0 Å². The van der Waals surface area contributed by atoms with Crippen LogP contribution in [-0.2, 0) is 6.54 Å². The van der Waals surface area contributed by atoms with Gasteiger partial charge < -0.3 is 14.8 Å². The summed E-state index contributed by atoms with van der Waals surface area (Å²) in [6.07, 6.45) is 4.42. The van der Waals surface area contributed by atoms with E-state index in [-0.39, 0.29) is 0 Å². The van der Waals surface area contributed by atoms with E-state index in [0.717, 1.165) is 44.1 Å². The summed E-state index contributed by atoms with van der Waals surface area (Å²) in [5.74, 6) is 1.09. The molecule has 1 rings (SSSR count). The zero-order valence-electron chi connectivity index (χ0n) is 11.0. The van der Waals surface area contributed by atoms with Crippen LogP contribution in [0, 0.1) is 6.92 Å². The molecular weight excluding hydrogens is 200 g/mol. The number of imidazole rings is 1. The fourth-order valence-corrected chi connectivity index (χ4v) is 1.84. The monoisotopic (exact) mass is 224 g/mol. The fraction of sp³-hybridized carbons (Fsp3) is 0.750. The van der Waals surface area contributed by atoms with E-state index in [2.05, 4.69) is 46.9 Å². The van der Waals surface area contributed by atoms with Crippen LogP contribution in [0.2, 0.25) is 0 Å². The van der Waals surface area contributed by atoms with E-state index in [9.17, 15) is 0 Å². The van der Waals surface area contributed by atoms with E-state index in [1.165, 1.54) is 0 Å². The van der Waals surface area contributed by atoms with Gasteiger partial charge in [0.05, 0.1) is 5.69 Å². The highest BCUT2D eigenvalue weighted by Crippen LogP contribution is 2.13. The Morgan fingerprint density at radius 2 is 2.25 bits per heavy atom. The number of hydrogen-bond donors (Lipinski definition) is 1. The van der Waals surface area contributed by atoms with Crippen LogP contribution in [0.5, 0.6) is 0 Å². The van der Waals surface area contributed by atoms with Crippen molar-refractivity contribution in [2.24, 2.45) is 0 Å². The molecule has 1 aromatic heterocycles. The molecule has 0 unspecified atom stereocenters. The Kier molecular flexibility index (Phi) is 5.32. The standard InChI is InChI=1S/C12H24N4/c1-5-8-16-10-11(2)14-12(16)15(4)9-6-7-13-3/h10,13H,5-9H2,1-4H3. The van der Waals surface area contributed by atoms with Gasteiger partial charge in [0.2, 0.25) is 5.95 Å². The highest BCUT2D eigenvalue weighted by Gasteiger charge is 2.09. The first-order valence-corrected chi connectivity index (χ1v) is 6.08. The van der Waals surface area contributed by atoms with Gasteiger partial charge in [-0.1, -0.05) is 6.92 Å². The van der Waals surface area contributed by atoms with Crippen molar-refractivity contribution in [1.29, 1.82) is 0 Å². The Morgan fingerprint density at radius 1 is 1.50 bits per heavy atom. The maximum absolute atomic E-state index is 4.58. The van der Waals surface area contributed by atoms with Gasteiger partial charge in [-0.05, 0) is 33.4 Å². The second-order valence-corrected chi connectivity index (χ2v) is 4.25. The second-order valence-electron chi connectivity index (χ2n) is 4.25. The Balaban J connectivity index is 2.61. The first-order valence-electron chi connectivity index (χ1n) is 6.08. The third-order valence-electron chi connectivity index (χ3n) is 2.60. The van der Waals surface area contributed by atoms with Crippen molar-refractivity contribution in [1.82, 2.24) is 14.9 Å². The summed E-state index contributed by atoms with van der Waals surface area (Å²) in [7, 11) is 4.10. The van der Waals surface area contributed by atoms with Crippen molar-refractivity contribution in [3.8, 4) is 0 Å². The van der Waals surface area contributed by atoms with Gasteiger partial charge in [-0.25, -0.2) is 4.98 Å². The molecule has 0 fully saturated rings. The molecule has 4 heteroatoms. The molecule has 0 aromatic carbocycles. The van der Waals surface area contributed by atoms with Gasteiger partial charge in [0, 0.05) is 26.3 Å². The maximum atomic E-state index is 4.58. The lowest BCUT2D eigenvalue weighted by Crippen LogP contribution is -2.25. The van der Waals surface area contributed by atoms with E-state index in [1.807, 2.05) is 7.05 Å². The van der Waals surface area contributed by atoms with Crippen LogP contribution in [0.1, 0.15) is 25.5 Å². The molecule has 0 saturated heterocycles. The van der Waals surface area contributed by atoms with Gasteiger partial charge in [0.15, 0.2) is 0 Å². The number of nitrogens with zero attached hydrogens (tertiary/aromatic N) is 3. The van der Waals surface area contributed by atoms with Crippen molar-refractivity contribution in [3.05, 3.63) is 11.9 Å².